The number of carbonyl (C=O) groups excluding carboxylic acids is 1. The number of aliphatic carboxylic acids is 1. The van der Waals surface area contributed by atoms with E-state index in [1.165, 1.54) is 12.1 Å². The fourth-order valence-electron chi connectivity index (χ4n) is 1.57. The van der Waals surface area contributed by atoms with Gasteiger partial charge in [-0.15, -0.1) is 0 Å². The van der Waals surface area contributed by atoms with E-state index in [-0.39, 0.29) is 16.1 Å². The maximum Gasteiger partial charge on any atom is 0.326 e. The summed E-state index contributed by atoms with van der Waals surface area (Å²) in [5, 5.41) is 13.8. The Morgan fingerprint density at radius 2 is 2.10 bits per heavy atom. The molecular weight excluding hydrogens is 331 g/mol. The SMILES string of the molecule is CCC(C)C(NC(=O)Nc1ccc(Br)c(F)c1)C(=O)O. The highest BCUT2D eigenvalue weighted by Crippen LogP contribution is 2.19. The van der Waals surface area contributed by atoms with Gasteiger partial charge in [-0.05, 0) is 40.0 Å². The van der Waals surface area contributed by atoms with Gasteiger partial charge in [0.05, 0.1) is 4.47 Å². The van der Waals surface area contributed by atoms with Crippen molar-refractivity contribution in [1.29, 1.82) is 0 Å². The molecule has 3 N–H and O–H groups in total. The predicted molar refractivity (Wildman–Crippen MR) is 77.1 cm³/mol. The Labute approximate surface area is 124 Å². The molecule has 5 nitrogen and oxygen atoms in total. The van der Waals surface area contributed by atoms with Gasteiger partial charge >= 0.3 is 12.0 Å². The van der Waals surface area contributed by atoms with E-state index in [1.807, 2.05) is 6.92 Å². The Kier molecular flexibility index (Phi) is 5.94. The van der Waals surface area contributed by atoms with Crippen molar-refractivity contribution in [2.45, 2.75) is 26.3 Å². The number of carboxylic acids is 1. The molecule has 0 saturated heterocycles. The van der Waals surface area contributed by atoms with Gasteiger partial charge in [-0.3, -0.25) is 0 Å². The molecule has 1 aromatic carbocycles. The van der Waals surface area contributed by atoms with Crippen molar-refractivity contribution in [3.63, 3.8) is 0 Å². The number of anilines is 1. The van der Waals surface area contributed by atoms with Crippen molar-refractivity contribution in [3.8, 4) is 0 Å². The third kappa shape index (κ3) is 4.48. The number of carboxylic acid groups (broad SMARTS) is 1. The average molecular weight is 347 g/mol. The molecule has 2 atom stereocenters. The lowest BCUT2D eigenvalue weighted by Gasteiger charge is -2.20. The van der Waals surface area contributed by atoms with Gasteiger partial charge in [0.2, 0.25) is 0 Å². The van der Waals surface area contributed by atoms with E-state index in [0.29, 0.717) is 6.42 Å². The molecule has 0 heterocycles. The third-order valence-electron chi connectivity index (χ3n) is 2.94. The highest BCUT2D eigenvalue weighted by Gasteiger charge is 2.25. The summed E-state index contributed by atoms with van der Waals surface area (Å²) in [7, 11) is 0. The lowest BCUT2D eigenvalue weighted by atomic mass is 9.99. The highest BCUT2D eigenvalue weighted by atomic mass is 79.9. The number of halogens is 2. The lowest BCUT2D eigenvalue weighted by Crippen LogP contribution is -2.46. The van der Waals surface area contributed by atoms with Crippen LogP contribution in [0.25, 0.3) is 0 Å². The summed E-state index contributed by atoms with van der Waals surface area (Å²) in [5.74, 6) is -1.82. The van der Waals surface area contributed by atoms with Gasteiger partial charge in [-0.25, -0.2) is 14.0 Å². The van der Waals surface area contributed by atoms with Crippen molar-refractivity contribution in [1.82, 2.24) is 5.32 Å². The zero-order chi connectivity index (χ0) is 15.3. The van der Waals surface area contributed by atoms with Crippen LogP contribution < -0.4 is 10.6 Å². The number of urea groups is 1. The van der Waals surface area contributed by atoms with E-state index in [9.17, 15) is 14.0 Å². The molecule has 2 amide bonds. The lowest BCUT2D eigenvalue weighted by molar-refractivity contribution is -0.140. The van der Waals surface area contributed by atoms with Gasteiger partial charge < -0.3 is 15.7 Å². The summed E-state index contributed by atoms with van der Waals surface area (Å²) < 4.78 is 13.6. The van der Waals surface area contributed by atoms with E-state index in [1.54, 1.807) is 6.92 Å². The van der Waals surface area contributed by atoms with Gasteiger partial charge in [-0.1, -0.05) is 20.3 Å². The number of hydrogen-bond acceptors (Lipinski definition) is 2. The normalized spacial score (nSPS) is 13.4. The summed E-state index contributed by atoms with van der Waals surface area (Å²) in [6.45, 7) is 3.57. The molecule has 0 aliphatic heterocycles. The van der Waals surface area contributed by atoms with Gasteiger partial charge in [-0.2, -0.15) is 0 Å². The Bertz CT molecular complexity index is 510. The Balaban J connectivity index is 2.70. The second kappa shape index (κ2) is 7.23. The summed E-state index contributed by atoms with van der Waals surface area (Å²) in [4.78, 5) is 22.8. The number of carbonyl (C=O) groups is 2. The van der Waals surface area contributed by atoms with E-state index >= 15 is 0 Å². The van der Waals surface area contributed by atoms with Crippen LogP contribution >= 0.6 is 15.9 Å². The fraction of sp³-hybridized carbons (Fsp3) is 0.385. The van der Waals surface area contributed by atoms with Gasteiger partial charge in [0, 0.05) is 5.69 Å². The van der Waals surface area contributed by atoms with Crippen molar-refractivity contribution in [2.75, 3.05) is 5.32 Å². The molecule has 1 rings (SSSR count). The molecule has 110 valence electrons. The topological polar surface area (TPSA) is 78.4 Å². The predicted octanol–water partition coefficient (Wildman–Crippen LogP) is 3.21. The molecule has 0 spiro atoms. The van der Waals surface area contributed by atoms with Crippen LogP contribution in [0, 0.1) is 11.7 Å². The zero-order valence-corrected chi connectivity index (χ0v) is 12.7. The number of amides is 2. The fourth-order valence-corrected chi connectivity index (χ4v) is 1.81. The maximum atomic E-state index is 13.3. The van der Waals surface area contributed by atoms with Gasteiger partial charge in [0.25, 0.3) is 0 Å². The zero-order valence-electron chi connectivity index (χ0n) is 11.1. The van der Waals surface area contributed by atoms with E-state index < -0.39 is 23.9 Å². The third-order valence-corrected chi connectivity index (χ3v) is 3.59. The molecule has 0 fully saturated rings. The van der Waals surface area contributed by atoms with E-state index in [0.717, 1.165) is 6.07 Å². The number of rotatable bonds is 5. The monoisotopic (exact) mass is 346 g/mol. The van der Waals surface area contributed by atoms with Crippen LogP contribution in [0.4, 0.5) is 14.9 Å². The smallest absolute Gasteiger partial charge is 0.326 e. The van der Waals surface area contributed by atoms with Crippen molar-refractivity contribution in [2.24, 2.45) is 5.92 Å². The van der Waals surface area contributed by atoms with Crippen LogP contribution in [-0.2, 0) is 4.79 Å². The molecular formula is C13H16BrFN2O3. The molecule has 2 unspecified atom stereocenters. The first-order chi connectivity index (χ1) is 9.35. The van der Waals surface area contributed by atoms with Crippen LogP contribution in [0.15, 0.2) is 22.7 Å². The molecule has 7 heteroatoms. The van der Waals surface area contributed by atoms with E-state index in [2.05, 4.69) is 26.6 Å². The molecule has 0 saturated carbocycles. The summed E-state index contributed by atoms with van der Waals surface area (Å²) in [6.07, 6.45) is 0.615. The summed E-state index contributed by atoms with van der Waals surface area (Å²) in [6, 6.07) is 2.43. The Hall–Kier alpha value is -1.63. The van der Waals surface area contributed by atoms with Crippen molar-refractivity contribution < 1.29 is 19.1 Å². The van der Waals surface area contributed by atoms with Crippen molar-refractivity contribution >= 4 is 33.6 Å². The van der Waals surface area contributed by atoms with E-state index in [4.69, 9.17) is 5.11 Å². The first kappa shape index (κ1) is 16.4. The Morgan fingerprint density at radius 1 is 1.45 bits per heavy atom. The number of hydrogen-bond donors (Lipinski definition) is 3. The summed E-state index contributed by atoms with van der Waals surface area (Å²) in [5.41, 5.74) is 0.247. The first-order valence-corrected chi connectivity index (χ1v) is 6.89. The first-order valence-electron chi connectivity index (χ1n) is 6.10. The molecule has 0 aliphatic rings. The number of nitrogens with one attached hydrogen (secondary N) is 2. The minimum atomic E-state index is -1.10. The minimum absolute atomic E-state index is 0.208. The van der Waals surface area contributed by atoms with Crippen molar-refractivity contribution in [3.05, 3.63) is 28.5 Å². The van der Waals surface area contributed by atoms with Crippen LogP contribution in [0.1, 0.15) is 20.3 Å². The molecule has 0 radical (unpaired) electrons. The molecule has 0 aliphatic carbocycles. The summed E-state index contributed by atoms with van der Waals surface area (Å²) >= 11 is 3.00. The average Bonchev–Trinajstić information content (AvgIpc) is 2.39. The Morgan fingerprint density at radius 3 is 2.60 bits per heavy atom. The largest absolute Gasteiger partial charge is 0.480 e. The minimum Gasteiger partial charge on any atom is -0.480 e. The van der Waals surface area contributed by atoms with Crippen LogP contribution in [-0.4, -0.2) is 23.1 Å². The highest BCUT2D eigenvalue weighted by molar-refractivity contribution is 9.10. The van der Waals surface area contributed by atoms with Gasteiger partial charge in [0.1, 0.15) is 11.9 Å². The van der Waals surface area contributed by atoms with Gasteiger partial charge in [0.15, 0.2) is 0 Å². The van der Waals surface area contributed by atoms with Crippen LogP contribution in [0.5, 0.6) is 0 Å². The molecule has 0 aromatic heterocycles. The standard InChI is InChI=1S/C13H16BrFN2O3/c1-3-7(2)11(12(18)19)17-13(20)16-8-4-5-9(14)10(15)6-8/h4-7,11H,3H2,1-2H3,(H,18,19)(H2,16,17,20). The second-order valence-electron chi connectivity index (χ2n) is 4.43. The molecule has 20 heavy (non-hydrogen) atoms. The maximum absolute atomic E-state index is 13.3. The second-order valence-corrected chi connectivity index (χ2v) is 5.28. The quantitative estimate of drug-likeness (QED) is 0.765. The molecule has 1 aromatic rings. The molecule has 0 bridgehead atoms. The number of benzene rings is 1. The van der Waals surface area contributed by atoms with Crippen LogP contribution in [0.2, 0.25) is 0 Å². The van der Waals surface area contributed by atoms with Crippen LogP contribution in [0.3, 0.4) is 0 Å².